The van der Waals surface area contributed by atoms with Gasteiger partial charge in [0.05, 0.1) is 0 Å². The number of hydrogen-bond acceptors (Lipinski definition) is 4. The number of ether oxygens (including phenoxy) is 1. The van der Waals surface area contributed by atoms with Gasteiger partial charge in [0.15, 0.2) is 0 Å². The van der Waals surface area contributed by atoms with Crippen LogP contribution in [0.5, 0.6) is 5.75 Å². The summed E-state index contributed by atoms with van der Waals surface area (Å²) < 4.78 is 28.1. The van der Waals surface area contributed by atoms with Crippen molar-refractivity contribution in [3.05, 3.63) is 28.2 Å². The SMILES string of the molecule is Cc1cc(Br)ccc1OC(=O)NS(=O)(=O)Cl. The molecule has 0 saturated heterocycles. The maximum absolute atomic E-state index is 11.1. The van der Waals surface area contributed by atoms with Gasteiger partial charge in [-0.3, -0.25) is 0 Å². The second kappa shape index (κ2) is 5.03. The Morgan fingerprint density at radius 2 is 2.12 bits per heavy atom. The molecule has 0 saturated carbocycles. The molecule has 0 unspecified atom stereocenters. The smallest absolute Gasteiger partial charge is 0.409 e. The van der Waals surface area contributed by atoms with E-state index >= 15 is 0 Å². The number of nitrogens with one attached hydrogen (secondary N) is 1. The van der Waals surface area contributed by atoms with Crippen LogP contribution in [0.1, 0.15) is 5.56 Å². The first-order valence-electron chi connectivity index (χ1n) is 3.98. The number of hydrogen-bond donors (Lipinski definition) is 1. The molecular formula is C8H7BrClNO4S. The zero-order valence-electron chi connectivity index (χ0n) is 8.03. The maximum atomic E-state index is 11.1. The molecule has 1 rings (SSSR count). The quantitative estimate of drug-likeness (QED) is 0.846. The second-order valence-corrected chi connectivity index (χ2v) is 6.05. The fourth-order valence-electron chi connectivity index (χ4n) is 0.948. The molecule has 0 heterocycles. The van der Waals surface area contributed by atoms with Gasteiger partial charge in [0, 0.05) is 15.2 Å². The summed E-state index contributed by atoms with van der Waals surface area (Å²) in [7, 11) is 0.686. The van der Waals surface area contributed by atoms with E-state index in [9.17, 15) is 13.2 Å². The molecule has 0 aliphatic heterocycles. The fraction of sp³-hybridized carbons (Fsp3) is 0.125. The van der Waals surface area contributed by atoms with Crippen LogP contribution in [0.25, 0.3) is 0 Å². The number of carbonyl (C=O) groups excluding carboxylic acids is 1. The average Bonchev–Trinajstić information content (AvgIpc) is 2.06. The van der Waals surface area contributed by atoms with Crippen LogP contribution in [-0.4, -0.2) is 14.5 Å². The first-order chi connectivity index (χ1) is 7.28. The van der Waals surface area contributed by atoms with E-state index in [2.05, 4.69) is 15.9 Å². The number of aryl methyl sites for hydroxylation is 1. The van der Waals surface area contributed by atoms with Gasteiger partial charge in [0.1, 0.15) is 5.75 Å². The lowest BCUT2D eigenvalue weighted by Crippen LogP contribution is -2.29. The minimum absolute atomic E-state index is 0.251. The molecule has 0 spiro atoms. The molecule has 1 aromatic rings. The first kappa shape index (κ1) is 13.3. The third-order valence-corrected chi connectivity index (χ3v) is 2.68. The number of rotatable bonds is 2. The van der Waals surface area contributed by atoms with Crippen molar-refractivity contribution in [1.29, 1.82) is 0 Å². The molecule has 1 aromatic carbocycles. The summed E-state index contributed by atoms with van der Waals surface area (Å²) in [4.78, 5) is 11.1. The third-order valence-electron chi connectivity index (χ3n) is 1.54. The molecule has 1 N–H and O–H groups in total. The molecule has 0 bridgehead atoms. The Balaban J connectivity index is 2.78. The number of halogens is 2. The zero-order chi connectivity index (χ0) is 12.3. The average molecular weight is 329 g/mol. The van der Waals surface area contributed by atoms with E-state index in [-0.39, 0.29) is 5.75 Å². The molecule has 0 aromatic heterocycles. The Morgan fingerprint density at radius 1 is 1.50 bits per heavy atom. The Bertz CT molecular complexity index is 517. The lowest BCUT2D eigenvalue weighted by Gasteiger charge is -2.06. The fourth-order valence-corrected chi connectivity index (χ4v) is 1.85. The van der Waals surface area contributed by atoms with E-state index < -0.39 is 15.3 Å². The van der Waals surface area contributed by atoms with Gasteiger partial charge in [-0.1, -0.05) is 15.9 Å². The van der Waals surface area contributed by atoms with Crippen molar-refractivity contribution < 1.29 is 17.9 Å². The molecular weight excluding hydrogens is 322 g/mol. The van der Waals surface area contributed by atoms with Crippen LogP contribution >= 0.6 is 26.6 Å². The second-order valence-electron chi connectivity index (χ2n) is 2.84. The summed E-state index contributed by atoms with van der Waals surface area (Å²) >= 11 is 3.24. The van der Waals surface area contributed by atoms with Gasteiger partial charge in [0.25, 0.3) is 0 Å². The van der Waals surface area contributed by atoms with E-state index in [0.29, 0.717) is 5.56 Å². The summed E-state index contributed by atoms with van der Waals surface area (Å²) in [5, 5.41) is 0. The van der Waals surface area contributed by atoms with Gasteiger partial charge in [0.2, 0.25) is 0 Å². The van der Waals surface area contributed by atoms with E-state index in [4.69, 9.17) is 15.4 Å². The highest BCUT2D eigenvalue weighted by Crippen LogP contribution is 2.22. The van der Waals surface area contributed by atoms with Crippen molar-refractivity contribution in [2.75, 3.05) is 0 Å². The van der Waals surface area contributed by atoms with Crippen molar-refractivity contribution in [3.8, 4) is 5.75 Å². The molecule has 0 fully saturated rings. The van der Waals surface area contributed by atoms with Gasteiger partial charge in [-0.05, 0) is 30.7 Å². The number of carbonyl (C=O) groups is 1. The molecule has 88 valence electrons. The van der Waals surface area contributed by atoms with Gasteiger partial charge in [-0.25, -0.2) is 9.52 Å². The van der Waals surface area contributed by atoms with Gasteiger partial charge >= 0.3 is 15.3 Å². The summed E-state index contributed by atoms with van der Waals surface area (Å²) in [6, 6.07) is 4.91. The van der Waals surface area contributed by atoms with Crippen molar-refractivity contribution >= 4 is 41.9 Å². The Kier molecular flexibility index (Phi) is 4.17. The van der Waals surface area contributed by atoms with Crippen LogP contribution in [0.3, 0.4) is 0 Å². The van der Waals surface area contributed by atoms with Crippen molar-refractivity contribution in [1.82, 2.24) is 4.72 Å². The summed E-state index contributed by atoms with van der Waals surface area (Å²) in [5.41, 5.74) is 0.677. The van der Waals surface area contributed by atoms with Gasteiger partial charge < -0.3 is 4.74 Å². The van der Waals surface area contributed by atoms with Crippen LogP contribution in [0.15, 0.2) is 22.7 Å². The normalized spacial score (nSPS) is 10.9. The summed E-state index contributed by atoms with van der Waals surface area (Å²) in [6.45, 7) is 1.71. The number of amides is 1. The lowest BCUT2D eigenvalue weighted by atomic mass is 10.2. The highest BCUT2D eigenvalue weighted by molar-refractivity contribution is 9.10. The minimum Gasteiger partial charge on any atom is -0.409 e. The van der Waals surface area contributed by atoms with Crippen LogP contribution in [0.2, 0.25) is 0 Å². The Labute approximate surface area is 105 Å². The summed E-state index contributed by atoms with van der Waals surface area (Å²) in [6.07, 6.45) is -1.15. The van der Waals surface area contributed by atoms with Gasteiger partial charge in [-0.15, -0.1) is 0 Å². The third kappa shape index (κ3) is 4.38. The highest BCUT2D eigenvalue weighted by atomic mass is 79.9. The van der Waals surface area contributed by atoms with Crippen molar-refractivity contribution in [2.24, 2.45) is 0 Å². The van der Waals surface area contributed by atoms with E-state index in [1.165, 1.54) is 10.8 Å². The monoisotopic (exact) mass is 327 g/mol. The Hall–Kier alpha value is -0.790. The van der Waals surface area contributed by atoms with Crippen LogP contribution in [0, 0.1) is 6.92 Å². The molecule has 16 heavy (non-hydrogen) atoms. The van der Waals surface area contributed by atoms with Gasteiger partial charge in [-0.2, -0.15) is 8.42 Å². The zero-order valence-corrected chi connectivity index (χ0v) is 11.2. The largest absolute Gasteiger partial charge is 0.427 e. The van der Waals surface area contributed by atoms with Crippen LogP contribution in [0.4, 0.5) is 4.79 Å². The molecule has 1 amide bonds. The molecule has 0 radical (unpaired) electrons. The van der Waals surface area contributed by atoms with E-state index in [1.54, 1.807) is 19.1 Å². The van der Waals surface area contributed by atoms with E-state index in [0.717, 1.165) is 4.47 Å². The standard InChI is InChI=1S/C8H7BrClNO4S/c1-5-4-6(9)2-3-7(5)15-8(12)11-16(10,13)14/h2-4H,1H3,(H,11,12). The van der Waals surface area contributed by atoms with Crippen LogP contribution < -0.4 is 9.46 Å². The molecule has 0 aliphatic rings. The molecule has 5 nitrogen and oxygen atoms in total. The minimum atomic E-state index is -4.13. The first-order valence-corrected chi connectivity index (χ1v) is 7.08. The maximum Gasteiger partial charge on any atom is 0.427 e. The molecule has 0 atom stereocenters. The molecule has 8 heteroatoms. The molecule has 0 aliphatic carbocycles. The highest BCUT2D eigenvalue weighted by Gasteiger charge is 2.13. The number of benzene rings is 1. The van der Waals surface area contributed by atoms with Crippen molar-refractivity contribution in [3.63, 3.8) is 0 Å². The predicted molar refractivity (Wildman–Crippen MR) is 62.8 cm³/mol. The predicted octanol–water partition coefficient (Wildman–Crippen LogP) is 2.33. The van der Waals surface area contributed by atoms with Crippen LogP contribution in [-0.2, 0) is 9.24 Å². The topological polar surface area (TPSA) is 72.5 Å². The Morgan fingerprint density at radius 3 is 2.62 bits per heavy atom. The van der Waals surface area contributed by atoms with Crippen molar-refractivity contribution in [2.45, 2.75) is 6.92 Å². The lowest BCUT2D eigenvalue weighted by molar-refractivity contribution is 0.206. The van der Waals surface area contributed by atoms with E-state index in [1.807, 2.05) is 0 Å². The summed E-state index contributed by atoms with van der Waals surface area (Å²) in [5.74, 6) is 0.251.